The maximum absolute atomic E-state index is 11.9. The number of hydrogen-bond donors (Lipinski definition) is 2. The summed E-state index contributed by atoms with van der Waals surface area (Å²) in [6, 6.07) is 8.35. The Labute approximate surface area is 264 Å². The van der Waals surface area contributed by atoms with Gasteiger partial charge in [0.25, 0.3) is 0 Å². The number of nitrogens with zero attached hydrogens (tertiary/aromatic N) is 2. The van der Waals surface area contributed by atoms with Gasteiger partial charge in [-0.25, -0.2) is 0 Å². The lowest BCUT2D eigenvalue weighted by atomic mass is 10.1. The number of anilines is 1. The van der Waals surface area contributed by atoms with Gasteiger partial charge in [0.15, 0.2) is 34.2 Å². The van der Waals surface area contributed by atoms with Crippen molar-refractivity contribution in [2.75, 3.05) is 98.9 Å². The molecule has 0 atom stereocenters. The SMILES string of the molecule is COc1cc(C(C)=O)c(N)cc1OCCCN1CCOCC1.COc1cc2c(=O)cc[nH]c2cc1OCCCN1CCOCC1. The number of pyridine rings is 1. The number of hydrogen-bond acceptors (Lipinski definition) is 11. The summed E-state index contributed by atoms with van der Waals surface area (Å²) < 4.78 is 32.9. The van der Waals surface area contributed by atoms with Crippen molar-refractivity contribution >= 4 is 22.4 Å². The zero-order valence-electron chi connectivity index (χ0n) is 26.6. The second-order valence-electron chi connectivity index (χ2n) is 10.8. The third-order valence-corrected chi connectivity index (χ3v) is 7.72. The number of ether oxygens (including phenoxy) is 6. The molecule has 2 aromatic carbocycles. The van der Waals surface area contributed by atoms with Gasteiger partial charge < -0.3 is 39.1 Å². The number of rotatable bonds is 13. The number of methoxy groups -OCH3 is 2. The number of carbonyl (C=O) groups is 1. The molecule has 45 heavy (non-hydrogen) atoms. The fourth-order valence-electron chi connectivity index (χ4n) is 5.20. The second kappa shape index (κ2) is 17.6. The van der Waals surface area contributed by atoms with E-state index in [9.17, 15) is 9.59 Å². The molecule has 3 N–H and O–H groups in total. The second-order valence-corrected chi connectivity index (χ2v) is 10.8. The fraction of sp³-hybridized carbons (Fsp3) is 0.515. The average Bonchev–Trinajstić information content (AvgIpc) is 3.06. The van der Waals surface area contributed by atoms with Crippen LogP contribution in [0.4, 0.5) is 5.69 Å². The van der Waals surface area contributed by atoms with Gasteiger partial charge in [-0.05, 0) is 31.9 Å². The highest BCUT2D eigenvalue weighted by molar-refractivity contribution is 6.00. The molecule has 0 spiro atoms. The first-order valence-electron chi connectivity index (χ1n) is 15.4. The minimum atomic E-state index is -0.0883. The van der Waals surface area contributed by atoms with E-state index in [0.29, 0.717) is 52.8 Å². The number of nitrogen functional groups attached to an aromatic ring is 1. The molecule has 2 saturated heterocycles. The number of benzene rings is 2. The van der Waals surface area contributed by atoms with E-state index >= 15 is 0 Å². The minimum absolute atomic E-state index is 0.0316. The highest BCUT2D eigenvalue weighted by atomic mass is 16.5. The molecule has 1 aromatic heterocycles. The maximum atomic E-state index is 11.9. The molecular weight excluding hydrogens is 580 g/mol. The third-order valence-electron chi connectivity index (χ3n) is 7.72. The van der Waals surface area contributed by atoms with E-state index in [0.717, 1.165) is 84.1 Å². The van der Waals surface area contributed by atoms with Crippen LogP contribution in [0.25, 0.3) is 10.9 Å². The molecule has 2 aliphatic rings. The van der Waals surface area contributed by atoms with Gasteiger partial charge in [0.05, 0.1) is 59.4 Å². The number of morpholine rings is 2. The van der Waals surface area contributed by atoms with Crippen LogP contribution < -0.4 is 30.1 Å². The molecule has 0 radical (unpaired) electrons. The van der Waals surface area contributed by atoms with E-state index in [1.54, 1.807) is 38.6 Å². The number of Topliss-reactive ketones (excluding diaryl/α,β-unsaturated/α-hetero) is 1. The Kier molecular flexibility index (Phi) is 13.3. The summed E-state index contributed by atoms with van der Waals surface area (Å²) in [6.45, 7) is 11.8. The summed E-state index contributed by atoms with van der Waals surface area (Å²) in [4.78, 5) is 31.2. The Morgan fingerprint density at radius 3 is 1.89 bits per heavy atom. The van der Waals surface area contributed by atoms with Crippen molar-refractivity contribution in [3.8, 4) is 23.0 Å². The van der Waals surface area contributed by atoms with Gasteiger partial charge in [-0.1, -0.05) is 0 Å². The van der Waals surface area contributed by atoms with Crippen molar-refractivity contribution < 1.29 is 33.2 Å². The van der Waals surface area contributed by atoms with Gasteiger partial charge in [0.2, 0.25) is 0 Å². The van der Waals surface area contributed by atoms with E-state index in [2.05, 4.69) is 14.8 Å². The summed E-state index contributed by atoms with van der Waals surface area (Å²) >= 11 is 0. The average molecular weight is 627 g/mol. The normalized spacial score (nSPS) is 15.6. The highest BCUT2D eigenvalue weighted by Gasteiger charge is 2.15. The lowest BCUT2D eigenvalue weighted by Crippen LogP contribution is -2.37. The predicted molar refractivity (Wildman–Crippen MR) is 173 cm³/mol. The Morgan fingerprint density at radius 2 is 1.36 bits per heavy atom. The molecule has 0 aliphatic carbocycles. The number of aromatic nitrogens is 1. The number of fused-ring (bicyclic) bond motifs is 1. The molecule has 5 rings (SSSR count). The minimum Gasteiger partial charge on any atom is -0.493 e. The van der Waals surface area contributed by atoms with Crippen molar-refractivity contribution in [3.05, 3.63) is 52.3 Å². The Bertz CT molecular complexity index is 1430. The van der Waals surface area contributed by atoms with Crippen LogP contribution in [0, 0.1) is 0 Å². The lowest BCUT2D eigenvalue weighted by molar-refractivity contribution is 0.0357. The number of carbonyl (C=O) groups excluding carboxylic acids is 1. The topological polar surface area (TPSA) is 138 Å². The first kappa shape index (κ1) is 34.0. The van der Waals surface area contributed by atoms with Crippen LogP contribution in [0.1, 0.15) is 30.1 Å². The standard InChI is InChI=1S/C17H22N2O4.C16H24N2O4/c1-21-16-11-13-14(18-4-3-15(13)20)12-17(16)23-8-2-5-19-6-9-22-10-7-19;1-12(19)13-10-15(20-2)16(11-14(13)17)22-7-3-4-18-5-8-21-9-6-18/h3-4,11-12H,2,5-10H2,1H3,(H,18,20);10-11H,3-9,17H2,1-2H3. The molecule has 0 saturated carbocycles. The van der Waals surface area contributed by atoms with Crippen LogP contribution >= 0.6 is 0 Å². The summed E-state index contributed by atoms with van der Waals surface area (Å²) in [5.41, 5.74) is 7.48. The predicted octanol–water partition coefficient (Wildman–Crippen LogP) is 3.22. The molecule has 12 heteroatoms. The van der Waals surface area contributed by atoms with Gasteiger partial charge in [0.1, 0.15) is 0 Å². The first-order chi connectivity index (χ1) is 21.9. The van der Waals surface area contributed by atoms with Gasteiger partial charge in [0, 0.05) is 80.3 Å². The molecule has 12 nitrogen and oxygen atoms in total. The van der Waals surface area contributed by atoms with E-state index < -0.39 is 0 Å². The van der Waals surface area contributed by atoms with Crippen LogP contribution in [0.2, 0.25) is 0 Å². The third kappa shape index (κ3) is 10.1. The van der Waals surface area contributed by atoms with Crippen LogP contribution in [-0.2, 0) is 9.47 Å². The Balaban J connectivity index is 0.000000205. The van der Waals surface area contributed by atoms with E-state index in [1.165, 1.54) is 13.0 Å². The van der Waals surface area contributed by atoms with Gasteiger partial charge >= 0.3 is 0 Å². The molecule has 246 valence electrons. The van der Waals surface area contributed by atoms with Gasteiger partial charge in [-0.2, -0.15) is 0 Å². The molecule has 0 bridgehead atoms. The van der Waals surface area contributed by atoms with Crippen LogP contribution in [0.3, 0.4) is 0 Å². The molecule has 0 amide bonds. The lowest BCUT2D eigenvalue weighted by Gasteiger charge is -2.26. The number of nitrogens with one attached hydrogen (secondary N) is 1. The van der Waals surface area contributed by atoms with Crippen molar-refractivity contribution in [3.63, 3.8) is 0 Å². The Hall–Kier alpha value is -3.84. The smallest absolute Gasteiger partial charge is 0.189 e. The monoisotopic (exact) mass is 626 g/mol. The molecule has 0 unspecified atom stereocenters. The summed E-state index contributed by atoms with van der Waals surface area (Å²) in [7, 11) is 3.13. The molecule has 3 heterocycles. The van der Waals surface area contributed by atoms with Crippen molar-refractivity contribution in [1.82, 2.24) is 14.8 Å². The van der Waals surface area contributed by atoms with Gasteiger partial charge in [-0.15, -0.1) is 0 Å². The quantitative estimate of drug-likeness (QED) is 0.164. The van der Waals surface area contributed by atoms with E-state index in [1.807, 2.05) is 6.07 Å². The maximum Gasteiger partial charge on any atom is 0.189 e. The molecule has 2 fully saturated rings. The van der Waals surface area contributed by atoms with Crippen LogP contribution in [0.5, 0.6) is 23.0 Å². The zero-order valence-corrected chi connectivity index (χ0v) is 26.6. The molecule has 2 aliphatic heterocycles. The number of aromatic amines is 1. The summed E-state index contributed by atoms with van der Waals surface area (Å²) in [5, 5.41) is 0.602. The number of H-pyrrole nitrogens is 1. The summed E-state index contributed by atoms with van der Waals surface area (Å²) in [6.07, 6.45) is 3.49. The Morgan fingerprint density at radius 1 is 0.822 bits per heavy atom. The van der Waals surface area contributed by atoms with Crippen molar-refractivity contribution in [2.45, 2.75) is 19.8 Å². The van der Waals surface area contributed by atoms with Crippen molar-refractivity contribution in [2.24, 2.45) is 0 Å². The van der Waals surface area contributed by atoms with Crippen molar-refractivity contribution in [1.29, 1.82) is 0 Å². The highest BCUT2D eigenvalue weighted by Crippen LogP contribution is 2.33. The van der Waals surface area contributed by atoms with Crippen LogP contribution in [0.15, 0.2) is 41.3 Å². The summed E-state index contributed by atoms with van der Waals surface area (Å²) in [5.74, 6) is 2.26. The van der Waals surface area contributed by atoms with Gasteiger partial charge in [-0.3, -0.25) is 19.4 Å². The zero-order chi connectivity index (χ0) is 32.0. The van der Waals surface area contributed by atoms with Crippen LogP contribution in [-0.4, -0.2) is 114 Å². The largest absolute Gasteiger partial charge is 0.493 e. The number of ketones is 1. The van der Waals surface area contributed by atoms with E-state index in [-0.39, 0.29) is 11.2 Å². The number of nitrogens with two attached hydrogens (primary N) is 1. The fourth-order valence-corrected chi connectivity index (χ4v) is 5.20. The molecular formula is C33H46N4O8. The first-order valence-corrected chi connectivity index (χ1v) is 15.4. The van der Waals surface area contributed by atoms with E-state index in [4.69, 9.17) is 34.2 Å². The molecule has 3 aromatic rings.